The fraction of sp³-hybridized carbons (Fsp3) is 0.278. The SMILES string of the molecule is CCN(CC)S(=O)(=O)c1ccc(OC(C(N)=O)c2ccccc2)c([N+](=O)[O-])c1. The Morgan fingerprint density at radius 1 is 1.18 bits per heavy atom. The molecule has 2 aromatic carbocycles. The van der Waals surface area contributed by atoms with Crippen molar-refractivity contribution in [2.45, 2.75) is 24.8 Å². The summed E-state index contributed by atoms with van der Waals surface area (Å²) in [7, 11) is -3.89. The minimum Gasteiger partial charge on any atom is -0.469 e. The number of hydrogen-bond acceptors (Lipinski definition) is 6. The molecule has 1 amide bonds. The highest BCUT2D eigenvalue weighted by Gasteiger charge is 2.29. The zero-order valence-electron chi connectivity index (χ0n) is 15.4. The van der Waals surface area contributed by atoms with E-state index in [0.717, 1.165) is 12.1 Å². The highest BCUT2D eigenvalue weighted by atomic mass is 32.2. The number of nitro benzene ring substituents is 1. The number of carbonyl (C=O) groups is 1. The summed E-state index contributed by atoms with van der Waals surface area (Å²) in [6.07, 6.45) is -1.26. The zero-order valence-corrected chi connectivity index (χ0v) is 16.3. The summed E-state index contributed by atoms with van der Waals surface area (Å²) >= 11 is 0. The van der Waals surface area contributed by atoms with E-state index in [1.807, 2.05) is 0 Å². The van der Waals surface area contributed by atoms with Crippen LogP contribution in [-0.4, -0.2) is 36.6 Å². The molecule has 0 aliphatic heterocycles. The van der Waals surface area contributed by atoms with E-state index >= 15 is 0 Å². The summed E-state index contributed by atoms with van der Waals surface area (Å²) in [5, 5.41) is 11.5. The predicted molar refractivity (Wildman–Crippen MR) is 102 cm³/mol. The number of rotatable bonds is 9. The second-order valence-electron chi connectivity index (χ2n) is 5.79. The van der Waals surface area contributed by atoms with Gasteiger partial charge in [0.25, 0.3) is 5.91 Å². The Balaban J connectivity index is 2.48. The third-order valence-corrected chi connectivity index (χ3v) is 6.12. The van der Waals surface area contributed by atoms with E-state index < -0.39 is 32.6 Å². The molecule has 0 aliphatic rings. The number of carbonyl (C=O) groups excluding carboxylic acids is 1. The average Bonchev–Trinajstić information content (AvgIpc) is 2.67. The number of amides is 1. The van der Waals surface area contributed by atoms with Crippen LogP contribution in [0.15, 0.2) is 53.4 Å². The van der Waals surface area contributed by atoms with Gasteiger partial charge in [0, 0.05) is 24.7 Å². The summed E-state index contributed by atoms with van der Waals surface area (Å²) in [4.78, 5) is 22.3. The fourth-order valence-electron chi connectivity index (χ4n) is 2.66. The van der Waals surface area contributed by atoms with Gasteiger partial charge in [-0.3, -0.25) is 14.9 Å². The lowest BCUT2D eigenvalue weighted by atomic mass is 10.1. The van der Waals surface area contributed by atoms with Crippen LogP contribution < -0.4 is 10.5 Å². The molecule has 28 heavy (non-hydrogen) atoms. The van der Waals surface area contributed by atoms with E-state index in [9.17, 15) is 23.3 Å². The number of nitrogens with zero attached hydrogens (tertiary/aromatic N) is 2. The van der Waals surface area contributed by atoms with Crippen molar-refractivity contribution < 1.29 is 22.9 Å². The highest BCUT2D eigenvalue weighted by Crippen LogP contribution is 2.34. The third kappa shape index (κ3) is 4.46. The molecule has 2 rings (SSSR count). The highest BCUT2D eigenvalue weighted by molar-refractivity contribution is 7.89. The second kappa shape index (κ2) is 8.81. The summed E-state index contributed by atoms with van der Waals surface area (Å²) in [6, 6.07) is 11.6. The maximum absolute atomic E-state index is 12.6. The topological polar surface area (TPSA) is 133 Å². The van der Waals surface area contributed by atoms with E-state index in [1.165, 1.54) is 10.4 Å². The standard InChI is InChI=1S/C18H21N3O6S/c1-3-20(4-2)28(25,26)14-10-11-16(15(12-14)21(23)24)27-17(18(19)22)13-8-6-5-7-9-13/h5-12,17H,3-4H2,1-2H3,(H2,19,22). The smallest absolute Gasteiger partial charge is 0.312 e. The summed E-state index contributed by atoms with van der Waals surface area (Å²) in [5.74, 6) is -1.09. The van der Waals surface area contributed by atoms with Crippen molar-refractivity contribution in [1.82, 2.24) is 4.31 Å². The van der Waals surface area contributed by atoms with Gasteiger partial charge in [0.05, 0.1) is 9.82 Å². The minimum absolute atomic E-state index is 0.225. The van der Waals surface area contributed by atoms with Gasteiger partial charge in [-0.25, -0.2) is 8.42 Å². The van der Waals surface area contributed by atoms with Gasteiger partial charge in [-0.05, 0) is 12.1 Å². The summed E-state index contributed by atoms with van der Waals surface area (Å²) < 4.78 is 31.9. The molecule has 9 nitrogen and oxygen atoms in total. The second-order valence-corrected chi connectivity index (χ2v) is 7.72. The Kier molecular flexibility index (Phi) is 6.71. The van der Waals surface area contributed by atoms with Crippen molar-refractivity contribution in [2.75, 3.05) is 13.1 Å². The van der Waals surface area contributed by atoms with Crippen LogP contribution in [-0.2, 0) is 14.8 Å². The Hall–Kier alpha value is -2.98. The molecule has 150 valence electrons. The maximum atomic E-state index is 12.6. The van der Waals surface area contributed by atoms with Crippen molar-refractivity contribution in [3.05, 3.63) is 64.2 Å². The first-order chi connectivity index (χ1) is 13.2. The molecule has 0 saturated heterocycles. The molecule has 0 radical (unpaired) electrons. The van der Waals surface area contributed by atoms with Crippen LogP contribution in [0.2, 0.25) is 0 Å². The fourth-order valence-corrected chi connectivity index (χ4v) is 4.14. The molecule has 1 atom stereocenters. The molecule has 10 heteroatoms. The van der Waals surface area contributed by atoms with Crippen molar-refractivity contribution in [1.29, 1.82) is 0 Å². The molecular weight excluding hydrogens is 386 g/mol. The number of nitro groups is 1. The first kappa shape index (κ1) is 21.3. The van der Waals surface area contributed by atoms with Crippen LogP contribution in [0.5, 0.6) is 5.75 Å². The monoisotopic (exact) mass is 407 g/mol. The number of hydrogen-bond donors (Lipinski definition) is 1. The number of sulfonamides is 1. The van der Waals surface area contributed by atoms with Gasteiger partial charge in [0.1, 0.15) is 0 Å². The molecule has 0 heterocycles. The lowest BCUT2D eigenvalue weighted by Crippen LogP contribution is -2.30. The lowest BCUT2D eigenvalue weighted by Gasteiger charge is -2.19. The Labute approximate surface area is 162 Å². The van der Waals surface area contributed by atoms with Gasteiger partial charge in [0.15, 0.2) is 5.75 Å². The zero-order chi connectivity index (χ0) is 20.9. The van der Waals surface area contributed by atoms with Gasteiger partial charge in [-0.2, -0.15) is 4.31 Å². The molecule has 1 unspecified atom stereocenters. The van der Waals surface area contributed by atoms with Crippen LogP contribution in [0, 0.1) is 10.1 Å². The largest absolute Gasteiger partial charge is 0.469 e. The number of ether oxygens (including phenoxy) is 1. The minimum atomic E-state index is -3.89. The molecule has 0 spiro atoms. The lowest BCUT2D eigenvalue weighted by molar-refractivity contribution is -0.386. The molecule has 0 bridgehead atoms. The van der Waals surface area contributed by atoms with Crippen molar-refractivity contribution in [3.63, 3.8) is 0 Å². The van der Waals surface area contributed by atoms with Gasteiger partial charge in [-0.15, -0.1) is 0 Å². The van der Waals surface area contributed by atoms with E-state index in [-0.39, 0.29) is 23.7 Å². The van der Waals surface area contributed by atoms with Crippen molar-refractivity contribution in [2.24, 2.45) is 5.73 Å². The van der Waals surface area contributed by atoms with Crippen molar-refractivity contribution in [3.8, 4) is 5.75 Å². The van der Waals surface area contributed by atoms with Crippen molar-refractivity contribution >= 4 is 21.6 Å². The first-order valence-electron chi connectivity index (χ1n) is 8.51. The molecular formula is C18H21N3O6S. The van der Waals surface area contributed by atoms with E-state index in [0.29, 0.717) is 5.56 Å². The quantitative estimate of drug-likeness (QED) is 0.500. The molecule has 2 aromatic rings. The molecule has 0 saturated carbocycles. The Morgan fingerprint density at radius 3 is 2.29 bits per heavy atom. The van der Waals surface area contributed by atoms with Crippen LogP contribution in [0.25, 0.3) is 0 Å². The summed E-state index contributed by atoms with van der Waals surface area (Å²) in [6.45, 7) is 3.79. The molecule has 0 fully saturated rings. The Morgan fingerprint density at radius 2 is 1.79 bits per heavy atom. The first-order valence-corrected chi connectivity index (χ1v) is 9.95. The predicted octanol–water partition coefficient (Wildman–Crippen LogP) is 2.23. The van der Waals surface area contributed by atoms with E-state index in [2.05, 4.69) is 0 Å². The van der Waals surface area contributed by atoms with Crippen LogP contribution >= 0.6 is 0 Å². The summed E-state index contributed by atoms with van der Waals surface area (Å²) in [5.41, 5.74) is 5.23. The van der Waals surface area contributed by atoms with Gasteiger partial charge < -0.3 is 10.5 Å². The molecule has 0 aliphatic carbocycles. The average molecular weight is 407 g/mol. The Bertz CT molecular complexity index is 959. The van der Waals surface area contributed by atoms with Gasteiger partial charge in [0.2, 0.25) is 16.1 Å². The van der Waals surface area contributed by atoms with Crippen LogP contribution in [0.3, 0.4) is 0 Å². The maximum Gasteiger partial charge on any atom is 0.312 e. The van der Waals surface area contributed by atoms with Gasteiger partial charge >= 0.3 is 5.69 Å². The third-order valence-electron chi connectivity index (χ3n) is 4.08. The van der Waals surface area contributed by atoms with Gasteiger partial charge in [-0.1, -0.05) is 44.2 Å². The van der Waals surface area contributed by atoms with E-state index in [1.54, 1.807) is 44.2 Å². The normalized spacial score (nSPS) is 12.5. The van der Waals surface area contributed by atoms with Crippen LogP contribution in [0.4, 0.5) is 5.69 Å². The molecule has 2 N–H and O–H groups in total. The van der Waals surface area contributed by atoms with Crippen LogP contribution in [0.1, 0.15) is 25.5 Å². The number of nitrogens with two attached hydrogens (primary N) is 1. The molecule has 0 aromatic heterocycles. The van der Waals surface area contributed by atoms with E-state index in [4.69, 9.17) is 10.5 Å². The number of primary amides is 1. The number of benzene rings is 2.